The fourth-order valence-electron chi connectivity index (χ4n) is 3.28. The van der Waals surface area contributed by atoms with E-state index in [1.807, 2.05) is 6.08 Å². The first-order chi connectivity index (χ1) is 11.3. The zero-order chi connectivity index (χ0) is 17.4. The lowest BCUT2D eigenvalue weighted by Crippen LogP contribution is -2.26. The fraction of sp³-hybridized carbons (Fsp3) is 0.429. The van der Waals surface area contributed by atoms with Gasteiger partial charge in [0.25, 0.3) is 0 Å². The van der Waals surface area contributed by atoms with Gasteiger partial charge < -0.3 is 9.47 Å². The highest BCUT2D eigenvalue weighted by molar-refractivity contribution is 7.82. The number of allylic oxidation sites excluding steroid dienone is 6. The summed E-state index contributed by atoms with van der Waals surface area (Å²) >= 11 is 4.65. The van der Waals surface area contributed by atoms with Gasteiger partial charge in [-0.25, -0.2) is 0 Å². The normalized spacial score (nSPS) is 38.3. The monoisotopic (exact) mass is 342 g/mol. The van der Waals surface area contributed by atoms with Gasteiger partial charge in [-0.15, -0.1) is 0 Å². The number of methoxy groups -OCH3 is 1. The Hall–Kier alpha value is -1.45. The first-order valence-electron chi connectivity index (χ1n) is 8.45. The highest BCUT2D eigenvalue weighted by Gasteiger charge is 2.32. The molecular weight excluding hydrogens is 316 g/mol. The molecule has 128 valence electrons. The Kier molecular flexibility index (Phi) is 4.67. The summed E-state index contributed by atoms with van der Waals surface area (Å²) in [6.07, 6.45) is 19.1. The van der Waals surface area contributed by atoms with Gasteiger partial charge >= 0.3 is 0 Å². The van der Waals surface area contributed by atoms with Crippen LogP contribution >= 0.6 is 12.6 Å². The van der Waals surface area contributed by atoms with E-state index in [0.717, 1.165) is 5.76 Å². The van der Waals surface area contributed by atoms with Crippen LogP contribution in [0, 0.1) is 11.8 Å². The molecule has 3 rings (SSSR count). The van der Waals surface area contributed by atoms with E-state index in [9.17, 15) is 0 Å². The van der Waals surface area contributed by atoms with E-state index in [0.29, 0.717) is 18.4 Å². The molecule has 0 amide bonds. The van der Waals surface area contributed by atoms with Crippen molar-refractivity contribution < 1.29 is 9.47 Å². The molecule has 0 saturated heterocycles. The summed E-state index contributed by atoms with van der Waals surface area (Å²) in [7, 11) is 1.73. The van der Waals surface area contributed by atoms with Crippen LogP contribution in [-0.2, 0) is 9.47 Å². The Bertz CT molecular complexity index is 691. The van der Waals surface area contributed by atoms with Crippen molar-refractivity contribution in [2.24, 2.45) is 11.8 Å². The first kappa shape index (κ1) is 17.4. The molecule has 0 aromatic heterocycles. The van der Waals surface area contributed by atoms with Gasteiger partial charge in [-0.1, -0.05) is 43.4 Å². The van der Waals surface area contributed by atoms with Crippen molar-refractivity contribution in [1.29, 1.82) is 0 Å². The SMILES string of the molecule is COC1(C)C=CC2=C(C=C1)C(C)C(C1=CC=CC(C)(S)C=C1)CO2. The maximum absolute atomic E-state index is 6.10. The topological polar surface area (TPSA) is 18.5 Å². The third-order valence-electron chi connectivity index (χ3n) is 5.16. The van der Waals surface area contributed by atoms with Gasteiger partial charge in [0.05, 0.1) is 6.61 Å². The molecule has 0 aromatic rings. The van der Waals surface area contributed by atoms with E-state index >= 15 is 0 Å². The molecular formula is C21H26O2S. The molecule has 0 spiro atoms. The lowest BCUT2D eigenvalue weighted by Gasteiger charge is -2.32. The Morgan fingerprint density at radius 2 is 1.88 bits per heavy atom. The summed E-state index contributed by atoms with van der Waals surface area (Å²) in [6.45, 7) is 7.11. The summed E-state index contributed by atoms with van der Waals surface area (Å²) in [5, 5.41) is 0. The van der Waals surface area contributed by atoms with Crippen LogP contribution in [0.3, 0.4) is 0 Å². The van der Waals surface area contributed by atoms with Gasteiger partial charge in [-0.2, -0.15) is 12.6 Å². The van der Waals surface area contributed by atoms with Gasteiger partial charge in [0.15, 0.2) is 0 Å². The van der Waals surface area contributed by atoms with Crippen molar-refractivity contribution in [2.75, 3.05) is 13.7 Å². The van der Waals surface area contributed by atoms with Crippen molar-refractivity contribution in [3.8, 4) is 0 Å². The van der Waals surface area contributed by atoms with E-state index in [1.54, 1.807) is 7.11 Å². The molecule has 2 aliphatic carbocycles. The van der Waals surface area contributed by atoms with Crippen LogP contribution < -0.4 is 0 Å². The van der Waals surface area contributed by atoms with Crippen LogP contribution in [-0.4, -0.2) is 24.1 Å². The van der Waals surface area contributed by atoms with Crippen LogP contribution in [0.5, 0.6) is 0 Å². The van der Waals surface area contributed by atoms with Crippen molar-refractivity contribution in [3.05, 3.63) is 71.6 Å². The van der Waals surface area contributed by atoms with Crippen molar-refractivity contribution in [2.45, 2.75) is 31.1 Å². The van der Waals surface area contributed by atoms with Gasteiger partial charge in [0.2, 0.25) is 0 Å². The Labute approximate surface area is 150 Å². The van der Waals surface area contributed by atoms with Gasteiger partial charge in [-0.05, 0) is 49.1 Å². The first-order valence-corrected chi connectivity index (χ1v) is 8.90. The van der Waals surface area contributed by atoms with Crippen LogP contribution in [0.1, 0.15) is 20.8 Å². The van der Waals surface area contributed by atoms with Gasteiger partial charge in [0.1, 0.15) is 11.4 Å². The number of hydrogen-bond donors (Lipinski definition) is 1. The van der Waals surface area contributed by atoms with Crippen molar-refractivity contribution >= 4 is 12.6 Å². The maximum Gasteiger partial charge on any atom is 0.122 e. The van der Waals surface area contributed by atoms with E-state index in [2.05, 4.69) is 82.0 Å². The summed E-state index contributed by atoms with van der Waals surface area (Å²) in [6, 6.07) is 0. The standard InChI is InChI=1S/C21H26O2S/c1-15-17-8-11-20(2,22-4)12-9-19(17)23-14-18(15)16-6-5-10-21(3,24)13-7-16/h5-13,15,18,24H,14H2,1-4H3. The second-order valence-corrected chi connectivity index (χ2v) is 8.13. The van der Waals surface area contributed by atoms with Crippen molar-refractivity contribution in [1.82, 2.24) is 0 Å². The average molecular weight is 343 g/mol. The number of hydrogen-bond acceptors (Lipinski definition) is 3. The predicted octanol–water partition coefficient (Wildman–Crippen LogP) is 4.80. The number of thiol groups is 1. The Balaban J connectivity index is 1.88. The zero-order valence-corrected chi connectivity index (χ0v) is 15.7. The zero-order valence-electron chi connectivity index (χ0n) is 14.8. The van der Waals surface area contributed by atoms with E-state index in [1.165, 1.54) is 11.1 Å². The maximum atomic E-state index is 6.10. The summed E-state index contributed by atoms with van der Waals surface area (Å²) < 4.78 is 11.5. The number of ether oxygens (including phenoxy) is 2. The lowest BCUT2D eigenvalue weighted by molar-refractivity contribution is 0.0905. The second-order valence-electron chi connectivity index (χ2n) is 7.17. The van der Waals surface area contributed by atoms with Crippen LogP contribution in [0.4, 0.5) is 0 Å². The average Bonchev–Trinajstić information content (AvgIpc) is 2.83. The molecule has 4 unspecified atom stereocenters. The molecule has 0 N–H and O–H groups in total. The van der Waals surface area contributed by atoms with Crippen LogP contribution in [0.15, 0.2) is 71.6 Å². The summed E-state index contributed by atoms with van der Waals surface area (Å²) in [4.78, 5) is 0. The minimum absolute atomic E-state index is 0.202. The minimum atomic E-state index is -0.381. The predicted molar refractivity (Wildman–Crippen MR) is 103 cm³/mol. The molecule has 1 heterocycles. The molecule has 3 heteroatoms. The minimum Gasteiger partial charge on any atom is -0.493 e. The molecule has 1 aliphatic heterocycles. The largest absolute Gasteiger partial charge is 0.493 e. The van der Waals surface area contributed by atoms with Crippen LogP contribution in [0.2, 0.25) is 0 Å². The quantitative estimate of drug-likeness (QED) is 0.727. The number of rotatable bonds is 2. The molecule has 0 bridgehead atoms. The Morgan fingerprint density at radius 1 is 1.12 bits per heavy atom. The molecule has 0 fully saturated rings. The van der Waals surface area contributed by atoms with E-state index in [-0.39, 0.29) is 10.3 Å². The second kappa shape index (κ2) is 6.45. The van der Waals surface area contributed by atoms with E-state index < -0.39 is 0 Å². The molecule has 0 saturated carbocycles. The van der Waals surface area contributed by atoms with E-state index in [4.69, 9.17) is 9.47 Å². The Morgan fingerprint density at radius 3 is 2.62 bits per heavy atom. The molecule has 0 aromatic carbocycles. The molecule has 0 radical (unpaired) electrons. The molecule has 2 nitrogen and oxygen atoms in total. The van der Waals surface area contributed by atoms with Crippen LogP contribution in [0.25, 0.3) is 0 Å². The third kappa shape index (κ3) is 3.47. The fourth-order valence-corrected chi connectivity index (χ4v) is 3.44. The molecule has 4 atom stereocenters. The third-order valence-corrected chi connectivity index (χ3v) is 5.46. The van der Waals surface area contributed by atoms with Gasteiger partial charge in [-0.3, -0.25) is 0 Å². The molecule has 24 heavy (non-hydrogen) atoms. The molecule has 3 aliphatic rings. The smallest absolute Gasteiger partial charge is 0.122 e. The highest BCUT2D eigenvalue weighted by atomic mass is 32.1. The summed E-state index contributed by atoms with van der Waals surface area (Å²) in [5.41, 5.74) is 2.15. The highest BCUT2D eigenvalue weighted by Crippen LogP contribution is 2.39. The summed E-state index contributed by atoms with van der Waals surface area (Å²) in [5.74, 6) is 1.67. The van der Waals surface area contributed by atoms with Gasteiger partial charge in [0, 0.05) is 17.8 Å². The lowest BCUT2D eigenvalue weighted by atomic mass is 9.80. The van der Waals surface area contributed by atoms with Crippen molar-refractivity contribution in [3.63, 3.8) is 0 Å².